The SMILES string of the molecule is Cc1cc(OC[C@H](O)C[NH+]2CCCC[C@H]2C)cc(C)c1Cl. The van der Waals surface area contributed by atoms with E-state index in [0.717, 1.165) is 35.0 Å². The average molecular weight is 313 g/mol. The molecule has 1 fully saturated rings. The number of benzene rings is 1. The van der Waals surface area contributed by atoms with Gasteiger partial charge in [0.05, 0.1) is 12.6 Å². The Labute approximate surface area is 132 Å². The van der Waals surface area contributed by atoms with Gasteiger partial charge in [-0.05, 0) is 63.3 Å². The molecule has 1 aromatic carbocycles. The van der Waals surface area contributed by atoms with Crippen molar-refractivity contribution in [2.45, 2.75) is 52.2 Å². The first-order chi connectivity index (χ1) is 9.97. The van der Waals surface area contributed by atoms with Crippen molar-refractivity contribution >= 4 is 11.6 Å². The van der Waals surface area contributed by atoms with Gasteiger partial charge in [-0.25, -0.2) is 0 Å². The number of aryl methyl sites for hydroxylation is 2. The number of nitrogens with one attached hydrogen (secondary N) is 1. The van der Waals surface area contributed by atoms with Gasteiger partial charge in [-0.3, -0.25) is 0 Å². The van der Waals surface area contributed by atoms with Crippen molar-refractivity contribution in [2.24, 2.45) is 0 Å². The normalized spacial score (nSPS) is 23.9. The molecule has 1 unspecified atom stereocenters. The molecule has 2 N–H and O–H groups in total. The summed E-state index contributed by atoms with van der Waals surface area (Å²) in [5.41, 5.74) is 2.02. The molecule has 0 saturated carbocycles. The van der Waals surface area contributed by atoms with Crippen LogP contribution in [0, 0.1) is 13.8 Å². The van der Waals surface area contributed by atoms with Crippen molar-refractivity contribution in [3.63, 3.8) is 0 Å². The van der Waals surface area contributed by atoms with Gasteiger partial charge in [-0.2, -0.15) is 0 Å². The zero-order valence-electron chi connectivity index (χ0n) is 13.3. The summed E-state index contributed by atoms with van der Waals surface area (Å²) in [5.74, 6) is 0.787. The second kappa shape index (κ2) is 7.48. The van der Waals surface area contributed by atoms with Crippen LogP contribution in [0.1, 0.15) is 37.3 Å². The number of rotatable bonds is 5. The second-order valence-corrected chi connectivity index (χ2v) is 6.72. The topological polar surface area (TPSA) is 33.9 Å². The first-order valence-corrected chi connectivity index (χ1v) is 8.27. The van der Waals surface area contributed by atoms with E-state index in [0.29, 0.717) is 12.6 Å². The lowest BCUT2D eigenvalue weighted by Crippen LogP contribution is -3.17. The van der Waals surface area contributed by atoms with Gasteiger partial charge in [0, 0.05) is 5.02 Å². The van der Waals surface area contributed by atoms with Crippen LogP contribution in [-0.2, 0) is 0 Å². The van der Waals surface area contributed by atoms with Crippen molar-refractivity contribution in [2.75, 3.05) is 19.7 Å². The average Bonchev–Trinajstić information content (AvgIpc) is 2.45. The highest BCUT2D eigenvalue weighted by Crippen LogP contribution is 2.25. The van der Waals surface area contributed by atoms with E-state index in [1.165, 1.54) is 24.2 Å². The van der Waals surface area contributed by atoms with Crippen molar-refractivity contribution in [3.8, 4) is 5.75 Å². The van der Waals surface area contributed by atoms with E-state index in [9.17, 15) is 5.11 Å². The van der Waals surface area contributed by atoms with E-state index in [2.05, 4.69) is 6.92 Å². The monoisotopic (exact) mass is 312 g/mol. The van der Waals surface area contributed by atoms with Crippen molar-refractivity contribution in [1.29, 1.82) is 0 Å². The molecule has 4 heteroatoms. The van der Waals surface area contributed by atoms with Crippen LogP contribution in [0.2, 0.25) is 5.02 Å². The summed E-state index contributed by atoms with van der Waals surface area (Å²) < 4.78 is 5.74. The third-order valence-electron chi connectivity index (χ3n) is 4.43. The van der Waals surface area contributed by atoms with Crippen molar-refractivity contribution < 1.29 is 14.7 Å². The van der Waals surface area contributed by atoms with Crippen LogP contribution < -0.4 is 9.64 Å². The van der Waals surface area contributed by atoms with Crippen LogP contribution in [0.3, 0.4) is 0 Å². The number of ether oxygens (including phenoxy) is 1. The second-order valence-electron chi connectivity index (χ2n) is 6.35. The Morgan fingerprint density at radius 1 is 1.33 bits per heavy atom. The quantitative estimate of drug-likeness (QED) is 0.873. The molecule has 0 radical (unpaired) electrons. The molecular weight excluding hydrogens is 286 g/mol. The number of quaternary nitrogens is 1. The molecule has 0 aliphatic carbocycles. The Kier molecular flexibility index (Phi) is 5.91. The fraction of sp³-hybridized carbons (Fsp3) is 0.647. The highest BCUT2D eigenvalue weighted by Gasteiger charge is 2.24. The van der Waals surface area contributed by atoms with Crippen LogP contribution >= 0.6 is 11.6 Å². The molecule has 118 valence electrons. The summed E-state index contributed by atoms with van der Waals surface area (Å²) in [5, 5.41) is 11.0. The van der Waals surface area contributed by atoms with Crippen LogP contribution in [0.15, 0.2) is 12.1 Å². The van der Waals surface area contributed by atoms with Gasteiger partial charge in [0.25, 0.3) is 0 Å². The summed E-state index contributed by atoms with van der Waals surface area (Å²) in [6, 6.07) is 4.50. The maximum Gasteiger partial charge on any atom is 0.137 e. The Balaban J connectivity index is 1.85. The third-order valence-corrected chi connectivity index (χ3v) is 5.03. The smallest absolute Gasteiger partial charge is 0.137 e. The number of aliphatic hydroxyl groups excluding tert-OH is 1. The zero-order chi connectivity index (χ0) is 15.4. The molecule has 0 spiro atoms. The maximum absolute atomic E-state index is 10.2. The Hall–Kier alpha value is -0.770. The predicted molar refractivity (Wildman–Crippen MR) is 86.4 cm³/mol. The Morgan fingerprint density at radius 3 is 2.62 bits per heavy atom. The molecule has 1 aliphatic heterocycles. The number of halogens is 1. The lowest BCUT2D eigenvalue weighted by molar-refractivity contribution is -0.931. The first kappa shape index (κ1) is 16.6. The van der Waals surface area contributed by atoms with Crippen molar-refractivity contribution in [3.05, 3.63) is 28.3 Å². The molecular formula is C17H27ClNO2+. The van der Waals surface area contributed by atoms with Crippen LogP contribution in [0.4, 0.5) is 0 Å². The summed E-state index contributed by atoms with van der Waals surface area (Å²) in [6.07, 6.45) is 3.43. The minimum absolute atomic E-state index is 0.344. The fourth-order valence-corrected chi connectivity index (χ4v) is 3.21. The van der Waals surface area contributed by atoms with E-state index in [-0.39, 0.29) is 0 Å². The standard InChI is InChI=1S/C17H26ClNO2/c1-12-8-16(9-13(2)17(12)18)21-11-15(20)10-19-7-5-4-6-14(19)3/h8-9,14-15,20H,4-7,10-11H2,1-3H3/p+1/t14-,15-/m1/s1. The molecule has 1 aliphatic rings. The maximum atomic E-state index is 10.2. The number of piperidine rings is 1. The van der Waals surface area contributed by atoms with E-state index in [1.54, 1.807) is 0 Å². The van der Waals surface area contributed by atoms with E-state index < -0.39 is 6.10 Å². The van der Waals surface area contributed by atoms with Crippen LogP contribution in [0.25, 0.3) is 0 Å². The summed E-state index contributed by atoms with van der Waals surface area (Å²) >= 11 is 6.15. The summed E-state index contributed by atoms with van der Waals surface area (Å²) in [4.78, 5) is 1.50. The Bertz CT molecular complexity index is 455. The molecule has 3 nitrogen and oxygen atoms in total. The van der Waals surface area contributed by atoms with Crippen molar-refractivity contribution in [1.82, 2.24) is 0 Å². The molecule has 0 bridgehead atoms. The molecule has 2 rings (SSSR count). The molecule has 3 atom stereocenters. The van der Waals surface area contributed by atoms with Gasteiger partial charge in [-0.15, -0.1) is 0 Å². The van der Waals surface area contributed by atoms with E-state index in [4.69, 9.17) is 16.3 Å². The number of aliphatic hydroxyl groups is 1. The highest BCUT2D eigenvalue weighted by molar-refractivity contribution is 6.32. The van der Waals surface area contributed by atoms with Gasteiger partial charge in [-0.1, -0.05) is 11.6 Å². The van der Waals surface area contributed by atoms with Gasteiger partial charge >= 0.3 is 0 Å². The third kappa shape index (κ3) is 4.60. The number of hydrogen-bond acceptors (Lipinski definition) is 2. The molecule has 1 aromatic rings. The summed E-state index contributed by atoms with van der Waals surface area (Å²) in [6.45, 7) is 8.49. The van der Waals surface area contributed by atoms with Gasteiger partial charge < -0.3 is 14.7 Å². The van der Waals surface area contributed by atoms with Gasteiger partial charge in [0.15, 0.2) is 0 Å². The van der Waals surface area contributed by atoms with Crippen LogP contribution in [-0.4, -0.2) is 36.9 Å². The molecule has 21 heavy (non-hydrogen) atoms. The predicted octanol–water partition coefficient (Wildman–Crippen LogP) is 2.15. The lowest BCUT2D eigenvalue weighted by atomic mass is 10.0. The highest BCUT2D eigenvalue weighted by atomic mass is 35.5. The minimum atomic E-state index is -0.420. The zero-order valence-corrected chi connectivity index (χ0v) is 14.0. The fourth-order valence-electron chi connectivity index (χ4n) is 3.10. The largest absolute Gasteiger partial charge is 0.491 e. The molecule has 1 heterocycles. The van der Waals surface area contributed by atoms with Gasteiger partial charge in [0.1, 0.15) is 25.0 Å². The van der Waals surface area contributed by atoms with E-state index in [1.807, 2.05) is 26.0 Å². The summed E-state index contributed by atoms with van der Waals surface area (Å²) in [7, 11) is 0. The molecule has 0 aromatic heterocycles. The first-order valence-electron chi connectivity index (χ1n) is 7.89. The molecule has 1 saturated heterocycles. The number of hydrogen-bond donors (Lipinski definition) is 2. The van der Waals surface area contributed by atoms with E-state index >= 15 is 0 Å². The lowest BCUT2D eigenvalue weighted by Gasteiger charge is -2.31. The Morgan fingerprint density at radius 2 is 2.00 bits per heavy atom. The number of likely N-dealkylation sites (tertiary alicyclic amines) is 1. The van der Waals surface area contributed by atoms with Crippen LogP contribution in [0.5, 0.6) is 5.75 Å². The van der Waals surface area contributed by atoms with Gasteiger partial charge in [0.2, 0.25) is 0 Å². The minimum Gasteiger partial charge on any atom is -0.491 e. The molecule has 0 amide bonds.